The molecule has 0 bridgehead atoms. The van der Waals surface area contributed by atoms with E-state index < -0.39 is 0 Å². The number of carbonyl (C=O) groups excluding carboxylic acids is 1. The topological polar surface area (TPSA) is 81.4 Å². The zero-order chi connectivity index (χ0) is 23.5. The molecule has 34 heavy (non-hydrogen) atoms. The van der Waals surface area contributed by atoms with Crippen LogP contribution >= 0.6 is 11.8 Å². The van der Waals surface area contributed by atoms with E-state index in [-0.39, 0.29) is 11.2 Å². The molecule has 0 saturated heterocycles. The first-order valence-corrected chi connectivity index (χ1v) is 11.9. The molecule has 8 heteroatoms. The van der Waals surface area contributed by atoms with Gasteiger partial charge < -0.3 is 10.1 Å². The van der Waals surface area contributed by atoms with Crippen LogP contribution in [0.2, 0.25) is 0 Å². The zero-order valence-electron chi connectivity index (χ0n) is 18.8. The Balaban J connectivity index is 1.50. The van der Waals surface area contributed by atoms with Crippen LogP contribution in [-0.4, -0.2) is 37.8 Å². The van der Waals surface area contributed by atoms with Crippen LogP contribution in [0, 0.1) is 0 Å². The summed E-state index contributed by atoms with van der Waals surface area (Å²) < 4.78 is 6.94. The Morgan fingerprint density at radius 2 is 1.74 bits per heavy atom. The van der Waals surface area contributed by atoms with E-state index in [1.807, 2.05) is 85.8 Å². The molecule has 1 atom stereocenters. The van der Waals surface area contributed by atoms with Crippen molar-refractivity contribution in [1.82, 2.24) is 19.6 Å². The van der Waals surface area contributed by atoms with Crippen molar-refractivity contribution in [3.05, 3.63) is 78.9 Å². The summed E-state index contributed by atoms with van der Waals surface area (Å²) in [5.41, 5.74) is 3.18. The largest absolute Gasteiger partial charge is 0.497 e. The molecule has 0 aliphatic heterocycles. The van der Waals surface area contributed by atoms with E-state index in [9.17, 15) is 4.79 Å². The van der Waals surface area contributed by atoms with Crippen molar-refractivity contribution >= 4 is 39.9 Å². The van der Waals surface area contributed by atoms with Gasteiger partial charge in [0.1, 0.15) is 5.75 Å². The smallest absolute Gasteiger partial charge is 0.237 e. The summed E-state index contributed by atoms with van der Waals surface area (Å²) in [6, 6.07) is 25.0. The summed E-state index contributed by atoms with van der Waals surface area (Å²) in [4.78, 5) is 22.7. The average molecular weight is 470 g/mol. The number of methoxy groups -OCH3 is 1. The number of nitrogens with one attached hydrogen (secondary N) is 1. The second kappa shape index (κ2) is 9.52. The summed E-state index contributed by atoms with van der Waals surface area (Å²) in [5.74, 6) is 1.27. The third kappa shape index (κ3) is 4.32. The second-order valence-corrected chi connectivity index (χ2v) is 8.85. The molecule has 0 aliphatic rings. The first-order chi connectivity index (χ1) is 16.7. The number of amides is 1. The first-order valence-electron chi connectivity index (χ1n) is 11.0. The van der Waals surface area contributed by atoms with Gasteiger partial charge in [0, 0.05) is 16.6 Å². The molecule has 1 amide bonds. The van der Waals surface area contributed by atoms with Crippen molar-refractivity contribution in [2.45, 2.75) is 23.8 Å². The number of nitrogens with zero attached hydrogens (tertiary/aromatic N) is 4. The second-order valence-electron chi connectivity index (χ2n) is 7.68. The van der Waals surface area contributed by atoms with Crippen LogP contribution in [0.25, 0.3) is 27.9 Å². The molecule has 0 spiro atoms. The van der Waals surface area contributed by atoms with Gasteiger partial charge in [0.05, 0.1) is 17.9 Å². The van der Waals surface area contributed by atoms with Gasteiger partial charge in [0.2, 0.25) is 5.91 Å². The predicted molar refractivity (Wildman–Crippen MR) is 135 cm³/mol. The van der Waals surface area contributed by atoms with Crippen molar-refractivity contribution in [1.29, 1.82) is 0 Å². The molecule has 0 fully saturated rings. The summed E-state index contributed by atoms with van der Waals surface area (Å²) in [6.07, 6.45) is 0.628. The summed E-state index contributed by atoms with van der Waals surface area (Å²) >= 11 is 1.39. The number of para-hydroxylation sites is 1. The van der Waals surface area contributed by atoms with Gasteiger partial charge in [-0.3, -0.25) is 4.79 Å². The third-order valence-corrected chi connectivity index (χ3v) is 6.76. The molecule has 0 unspecified atom stereocenters. The van der Waals surface area contributed by atoms with Gasteiger partial charge in [-0.1, -0.05) is 61.2 Å². The molecule has 1 N–H and O–H groups in total. The maximum Gasteiger partial charge on any atom is 0.237 e. The molecular weight excluding hydrogens is 446 g/mol. The number of thioether (sulfide) groups is 1. The lowest BCUT2D eigenvalue weighted by atomic mass is 10.2. The third-order valence-electron chi connectivity index (χ3n) is 5.45. The molecule has 3 aromatic carbocycles. The number of ether oxygens (including phenoxy) is 1. The van der Waals surface area contributed by atoms with Crippen molar-refractivity contribution in [3.63, 3.8) is 0 Å². The predicted octanol–water partition coefficient (Wildman–Crippen LogP) is 5.46. The molecule has 0 saturated carbocycles. The Morgan fingerprint density at radius 3 is 2.47 bits per heavy atom. The molecule has 5 rings (SSSR count). The van der Waals surface area contributed by atoms with Crippen molar-refractivity contribution in [2.24, 2.45) is 0 Å². The van der Waals surface area contributed by atoms with Crippen LogP contribution in [0.5, 0.6) is 5.75 Å². The fourth-order valence-electron chi connectivity index (χ4n) is 3.66. The minimum Gasteiger partial charge on any atom is -0.497 e. The summed E-state index contributed by atoms with van der Waals surface area (Å²) in [5, 5.41) is 8.93. The normalized spacial score (nSPS) is 12.1. The van der Waals surface area contributed by atoms with Gasteiger partial charge in [-0.15, -0.1) is 5.10 Å². The summed E-state index contributed by atoms with van der Waals surface area (Å²) in [7, 11) is 1.61. The van der Waals surface area contributed by atoms with Crippen LogP contribution in [0.1, 0.15) is 13.3 Å². The highest BCUT2D eigenvalue weighted by Crippen LogP contribution is 2.30. The van der Waals surface area contributed by atoms with Gasteiger partial charge in [0.25, 0.3) is 0 Å². The number of carbonyl (C=O) groups is 1. The van der Waals surface area contributed by atoms with Crippen molar-refractivity contribution in [3.8, 4) is 17.1 Å². The van der Waals surface area contributed by atoms with Crippen LogP contribution < -0.4 is 10.1 Å². The fourth-order valence-corrected chi connectivity index (χ4v) is 4.63. The Bertz CT molecular complexity index is 1450. The Morgan fingerprint density at radius 1 is 1.00 bits per heavy atom. The van der Waals surface area contributed by atoms with E-state index in [2.05, 4.69) is 5.32 Å². The molecule has 170 valence electrons. The molecule has 5 aromatic rings. The zero-order valence-corrected chi connectivity index (χ0v) is 19.6. The van der Waals surface area contributed by atoms with Gasteiger partial charge in [-0.25, -0.2) is 9.97 Å². The Hall–Kier alpha value is -3.91. The molecule has 0 aliphatic carbocycles. The fraction of sp³-hybridized carbons (Fsp3) is 0.154. The van der Waals surface area contributed by atoms with Crippen LogP contribution in [0.15, 0.2) is 84.0 Å². The van der Waals surface area contributed by atoms with Gasteiger partial charge in [0.15, 0.2) is 16.6 Å². The number of rotatable bonds is 7. The van der Waals surface area contributed by atoms with Gasteiger partial charge >= 0.3 is 0 Å². The highest BCUT2D eigenvalue weighted by molar-refractivity contribution is 8.00. The minimum absolute atomic E-state index is 0.0934. The Labute approximate surface area is 201 Å². The lowest BCUT2D eigenvalue weighted by Crippen LogP contribution is -2.25. The standard InChI is InChI=1S/C26H23N5O2S/c1-3-22(25(32)27-18-13-15-19(33-2)16-14-18)34-26-28-21-12-8-7-11-20(21)24-29-23(30-31(24)26)17-9-5-4-6-10-17/h4-16,22H,3H2,1-2H3,(H,27,32)/t22-/m1/s1. The molecule has 2 aromatic heterocycles. The van der Waals surface area contributed by atoms with E-state index >= 15 is 0 Å². The van der Waals surface area contributed by atoms with E-state index in [1.165, 1.54) is 11.8 Å². The first kappa shape index (κ1) is 21.9. The van der Waals surface area contributed by atoms with E-state index in [1.54, 1.807) is 11.6 Å². The minimum atomic E-state index is -0.358. The van der Waals surface area contributed by atoms with E-state index in [4.69, 9.17) is 19.8 Å². The van der Waals surface area contributed by atoms with Crippen LogP contribution in [0.3, 0.4) is 0 Å². The lowest BCUT2D eigenvalue weighted by Gasteiger charge is -2.15. The lowest BCUT2D eigenvalue weighted by molar-refractivity contribution is -0.115. The van der Waals surface area contributed by atoms with Gasteiger partial charge in [-0.05, 0) is 42.8 Å². The van der Waals surface area contributed by atoms with Gasteiger partial charge in [-0.2, -0.15) is 4.52 Å². The number of hydrogen-bond donors (Lipinski definition) is 1. The molecular formula is C26H23N5O2S. The van der Waals surface area contributed by atoms with Crippen molar-refractivity contribution < 1.29 is 9.53 Å². The molecule has 7 nitrogen and oxygen atoms in total. The van der Waals surface area contributed by atoms with Crippen LogP contribution in [-0.2, 0) is 4.79 Å². The highest BCUT2D eigenvalue weighted by atomic mass is 32.2. The molecule has 2 heterocycles. The highest BCUT2D eigenvalue weighted by Gasteiger charge is 2.23. The number of fused-ring (bicyclic) bond motifs is 3. The number of anilines is 1. The number of benzene rings is 3. The maximum absolute atomic E-state index is 13.1. The quantitative estimate of drug-likeness (QED) is 0.252. The maximum atomic E-state index is 13.1. The molecule has 0 radical (unpaired) electrons. The summed E-state index contributed by atoms with van der Waals surface area (Å²) in [6.45, 7) is 1.99. The monoisotopic (exact) mass is 469 g/mol. The van der Waals surface area contributed by atoms with Crippen molar-refractivity contribution in [2.75, 3.05) is 12.4 Å². The van der Waals surface area contributed by atoms with E-state index in [0.717, 1.165) is 27.9 Å². The Kier molecular flexibility index (Phi) is 6.14. The SMILES string of the molecule is CC[C@@H](Sc1nc2ccccc2c2nc(-c3ccccc3)nn12)C(=O)Nc1ccc(OC)cc1. The number of hydrogen-bond acceptors (Lipinski definition) is 6. The number of aromatic nitrogens is 4. The van der Waals surface area contributed by atoms with Crippen LogP contribution in [0.4, 0.5) is 5.69 Å². The average Bonchev–Trinajstić information content (AvgIpc) is 3.34. The van der Waals surface area contributed by atoms with E-state index in [0.29, 0.717) is 23.1 Å².